The summed E-state index contributed by atoms with van der Waals surface area (Å²) >= 11 is 12.2. The summed E-state index contributed by atoms with van der Waals surface area (Å²) in [5, 5.41) is 24.1. The maximum atomic E-state index is 10.5. The van der Waals surface area contributed by atoms with Crippen LogP contribution in [0.25, 0.3) is 0 Å². The number of aliphatic carboxylic acids is 1. The minimum absolute atomic E-state index is 0.260. The average molecular weight is 904 g/mol. The van der Waals surface area contributed by atoms with E-state index in [2.05, 4.69) is 123 Å². The van der Waals surface area contributed by atoms with E-state index in [4.69, 9.17) is 28.3 Å². The van der Waals surface area contributed by atoms with Gasteiger partial charge in [0.2, 0.25) is 0 Å². The van der Waals surface area contributed by atoms with E-state index in [-0.39, 0.29) is 5.41 Å². The molecule has 6 rings (SSSR count). The van der Waals surface area contributed by atoms with E-state index >= 15 is 0 Å². The van der Waals surface area contributed by atoms with Crippen LogP contribution in [0.1, 0.15) is 103 Å². The minimum Gasteiger partial charge on any atom is -0.478 e. The first kappa shape index (κ1) is 51.4. The molecule has 0 radical (unpaired) electrons. The standard InChI is InChI=1S/C20H28O2.C19H23ClN2.C15H17ClN4/c1-15(8-6-9-16(2)14-19(21)22)11-12-18-17(3)10-7-13-20(18,4)5;1-21(2)12-5-13-22-18-7-4-3-6-15(18)8-9-16-10-11-17(20)14-19(16)22;1-2-3-8-15(9-17,10-20-12-18-11-19-20)13-4-6-14(16)7-5-13/h6,8-9,11-12,14H,7,10,13H2,1-5H3,(H,21,22);3-4,6-7,10-11,14H,5,8-9,12-13H2,1-2H3;4-7,11-12H,2-3,8,10H2,1H3/b9-6+,12-11+,15-8+,16-14+;;. The van der Waals surface area contributed by atoms with Gasteiger partial charge in [0, 0.05) is 34.0 Å². The quantitative estimate of drug-likeness (QED) is 0.0937. The molecule has 1 aromatic heterocycles. The predicted molar refractivity (Wildman–Crippen MR) is 268 cm³/mol. The Kier molecular flexibility index (Phi) is 20.4. The third-order valence-electron chi connectivity index (χ3n) is 11.9. The third kappa shape index (κ3) is 15.8. The molecule has 10 heteroatoms. The lowest BCUT2D eigenvalue weighted by Gasteiger charge is -2.32. The van der Waals surface area contributed by atoms with Crippen LogP contribution in [0.5, 0.6) is 0 Å². The maximum Gasteiger partial charge on any atom is 0.328 e. The number of nitrogens with zero attached hydrogens (tertiary/aromatic N) is 6. The molecule has 1 N–H and O–H groups in total. The number of aromatic nitrogens is 3. The Bertz CT molecular complexity index is 2320. The normalized spacial score (nSPS) is 15.9. The number of nitriles is 1. The molecule has 3 aromatic carbocycles. The van der Waals surface area contributed by atoms with Crippen molar-refractivity contribution in [3.63, 3.8) is 0 Å². The Hall–Kier alpha value is -5.20. The number of rotatable bonds is 15. The molecule has 0 spiro atoms. The number of anilines is 2. The van der Waals surface area contributed by atoms with Crippen LogP contribution >= 0.6 is 23.2 Å². The van der Waals surface area contributed by atoms with Crippen molar-refractivity contribution in [3.05, 3.63) is 165 Å². The van der Waals surface area contributed by atoms with Crippen molar-refractivity contribution in [1.29, 1.82) is 5.26 Å². The van der Waals surface area contributed by atoms with Gasteiger partial charge >= 0.3 is 5.97 Å². The summed E-state index contributed by atoms with van der Waals surface area (Å²) in [5.41, 5.74) is 10.9. The van der Waals surface area contributed by atoms with E-state index in [9.17, 15) is 10.1 Å². The van der Waals surface area contributed by atoms with Gasteiger partial charge in [0.1, 0.15) is 18.1 Å². The van der Waals surface area contributed by atoms with Crippen LogP contribution in [0.2, 0.25) is 10.0 Å². The van der Waals surface area contributed by atoms with E-state index in [1.807, 2.05) is 42.5 Å². The number of unbranched alkanes of at least 4 members (excludes halogenated alkanes) is 1. The van der Waals surface area contributed by atoms with Crippen LogP contribution in [-0.4, -0.2) is 57.9 Å². The molecule has 4 aromatic rings. The first-order chi connectivity index (χ1) is 30.6. The zero-order valence-electron chi connectivity index (χ0n) is 39.2. The fraction of sp³-hybridized carbons (Fsp3) is 0.407. The Balaban J connectivity index is 0.000000211. The molecule has 0 amide bonds. The number of para-hydroxylation sites is 1. The van der Waals surface area contributed by atoms with Crippen LogP contribution in [0, 0.1) is 16.7 Å². The van der Waals surface area contributed by atoms with Gasteiger partial charge in [-0.1, -0.05) is 135 Å². The molecule has 0 bridgehead atoms. The number of benzene rings is 3. The number of halogens is 2. The van der Waals surface area contributed by atoms with Crippen molar-refractivity contribution in [2.45, 2.75) is 111 Å². The van der Waals surface area contributed by atoms with Gasteiger partial charge in [-0.2, -0.15) is 10.4 Å². The van der Waals surface area contributed by atoms with E-state index < -0.39 is 11.4 Å². The molecule has 1 atom stereocenters. The van der Waals surface area contributed by atoms with Crippen molar-refractivity contribution < 1.29 is 9.90 Å². The lowest BCUT2D eigenvalue weighted by atomic mass is 9.72. The number of carbonyl (C=O) groups is 1. The third-order valence-corrected chi connectivity index (χ3v) is 12.3. The largest absolute Gasteiger partial charge is 0.478 e. The number of allylic oxidation sites excluding steroid dienone is 9. The summed E-state index contributed by atoms with van der Waals surface area (Å²) in [7, 11) is 4.25. The summed E-state index contributed by atoms with van der Waals surface area (Å²) in [6.07, 6.45) is 24.3. The molecule has 1 aliphatic heterocycles. The molecule has 64 heavy (non-hydrogen) atoms. The molecule has 0 saturated carbocycles. The zero-order chi connectivity index (χ0) is 46.7. The number of hydrogen-bond acceptors (Lipinski definition) is 6. The first-order valence-corrected chi connectivity index (χ1v) is 23.3. The summed E-state index contributed by atoms with van der Waals surface area (Å²) in [5.74, 6) is -0.912. The highest BCUT2D eigenvalue weighted by Gasteiger charge is 2.33. The summed E-state index contributed by atoms with van der Waals surface area (Å²) in [4.78, 5) is 19.2. The fourth-order valence-corrected chi connectivity index (χ4v) is 8.65. The van der Waals surface area contributed by atoms with Crippen LogP contribution in [0.3, 0.4) is 0 Å². The highest BCUT2D eigenvalue weighted by atomic mass is 35.5. The van der Waals surface area contributed by atoms with Gasteiger partial charge in [0.15, 0.2) is 0 Å². The Morgan fingerprint density at radius 1 is 0.953 bits per heavy atom. The Labute approximate surface area is 393 Å². The van der Waals surface area contributed by atoms with Crippen molar-refractivity contribution in [3.8, 4) is 6.07 Å². The number of hydrogen-bond donors (Lipinski definition) is 1. The summed E-state index contributed by atoms with van der Waals surface area (Å²) in [6.45, 7) is 15.4. The molecule has 2 heterocycles. The zero-order valence-corrected chi connectivity index (χ0v) is 40.8. The number of carboxylic acids is 1. The van der Waals surface area contributed by atoms with Gasteiger partial charge in [0.05, 0.1) is 12.6 Å². The first-order valence-electron chi connectivity index (χ1n) is 22.5. The Morgan fingerprint density at radius 3 is 2.30 bits per heavy atom. The fourth-order valence-electron chi connectivity index (χ4n) is 8.35. The van der Waals surface area contributed by atoms with Gasteiger partial charge in [-0.3, -0.25) is 4.68 Å². The van der Waals surface area contributed by atoms with Crippen molar-refractivity contribution >= 4 is 40.5 Å². The second-order valence-electron chi connectivity index (χ2n) is 17.9. The topological polar surface area (TPSA) is 98.3 Å². The van der Waals surface area contributed by atoms with Gasteiger partial charge in [-0.15, -0.1) is 0 Å². The average Bonchev–Trinajstić information content (AvgIpc) is 3.71. The SMILES string of the molecule is CC1=C(/C=C/C(C)=C/C=C/C(C)=C/C(=O)O)C(C)(C)CCC1.CCCCC(C#N)(Cn1cncn1)c1ccc(Cl)cc1.CN(C)CCCN1c2ccccc2CCc2ccc(Cl)cc21. The van der Waals surface area contributed by atoms with E-state index in [0.29, 0.717) is 11.6 Å². The molecule has 2 aliphatic rings. The summed E-state index contributed by atoms with van der Waals surface area (Å²) < 4.78 is 1.72. The monoisotopic (exact) mass is 902 g/mol. The Morgan fingerprint density at radius 2 is 1.66 bits per heavy atom. The van der Waals surface area contributed by atoms with E-state index in [1.54, 1.807) is 24.0 Å². The van der Waals surface area contributed by atoms with Crippen LogP contribution in [-0.2, 0) is 29.6 Å². The molecule has 8 nitrogen and oxygen atoms in total. The van der Waals surface area contributed by atoms with Gasteiger partial charge in [0.25, 0.3) is 0 Å². The summed E-state index contributed by atoms with van der Waals surface area (Å²) in [6, 6.07) is 25.1. The van der Waals surface area contributed by atoms with Crippen molar-refractivity contribution in [2.24, 2.45) is 5.41 Å². The highest BCUT2D eigenvalue weighted by Crippen LogP contribution is 2.41. The lowest BCUT2D eigenvalue weighted by Crippen LogP contribution is -2.30. The number of aryl methyl sites for hydroxylation is 2. The predicted octanol–water partition coefficient (Wildman–Crippen LogP) is 13.7. The van der Waals surface area contributed by atoms with Crippen LogP contribution in [0.15, 0.2) is 138 Å². The molecular formula is C54H68Cl2N6O2. The number of fused-ring (bicyclic) bond motifs is 2. The van der Waals surface area contributed by atoms with Gasteiger partial charge < -0.3 is 14.9 Å². The van der Waals surface area contributed by atoms with E-state index in [1.165, 1.54) is 65.3 Å². The van der Waals surface area contributed by atoms with Crippen molar-refractivity contribution in [1.82, 2.24) is 19.7 Å². The molecule has 0 fully saturated rings. The van der Waals surface area contributed by atoms with Crippen LogP contribution in [0.4, 0.5) is 11.4 Å². The maximum absolute atomic E-state index is 10.5. The molecule has 340 valence electrons. The molecule has 0 saturated heterocycles. The second kappa shape index (κ2) is 25.3. The molecule has 1 aliphatic carbocycles. The molecule has 1 unspecified atom stereocenters. The number of carboxylic acid groups (broad SMARTS) is 1. The second-order valence-corrected chi connectivity index (χ2v) is 18.7. The van der Waals surface area contributed by atoms with Gasteiger partial charge in [-0.05, 0) is 150 Å². The highest BCUT2D eigenvalue weighted by molar-refractivity contribution is 6.31. The smallest absolute Gasteiger partial charge is 0.328 e. The van der Waals surface area contributed by atoms with E-state index in [0.717, 1.165) is 73.3 Å². The molecular weight excluding hydrogens is 836 g/mol. The minimum atomic E-state index is -0.912. The van der Waals surface area contributed by atoms with Gasteiger partial charge in [-0.25, -0.2) is 9.78 Å². The van der Waals surface area contributed by atoms with Crippen molar-refractivity contribution in [2.75, 3.05) is 32.1 Å². The lowest BCUT2D eigenvalue weighted by molar-refractivity contribution is -0.131. The van der Waals surface area contributed by atoms with Crippen LogP contribution < -0.4 is 4.90 Å².